The van der Waals surface area contributed by atoms with E-state index in [9.17, 15) is 14.4 Å². The lowest BCUT2D eigenvalue weighted by Crippen LogP contribution is -2.46. The number of rotatable bonds is 10. The van der Waals surface area contributed by atoms with Gasteiger partial charge in [-0.1, -0.05) is 43.3 Å². The molecule has 0 aliphatic carbocycles. The molecule has 0 spiro atoms. The Balaban J connectivity index is 1.87. The minimum absolute atomic E-state index is 0.191. The van der Waals surface area contributed by atoms with Crippen LogP contribution in [0.4, 0.5) is 0 Å². The first-order valence-corrected chi connectivity index (χ1v) is 9.51. The van der Waals surface area contributed by atoms with Crippen molar-refractivity contribution in [2.45, 2.75) is 32.9 Å². The summed E-state index contributed by atoms with van der Waals surface area (Å²) < 4.78 is 10.8. The van der Waals surface area contributed by atoms with Gasteiger partial charge in [-0.05, 0) is 31.5 Å². The number of hydrogen-bond donors (Lipinski definition) is 2. The summed E-state index contributed by atoms with van der Waals surface area (Å²) in [4.78, 5) is 36.2. The van der Waals surface area contributed by atoms with E-state index in [1.165, 1.54) is 0 Å². The van der Waals surface area contributed by atoms with Gasteiger partial charge in [0.25, 0.3) is 5.91 Å². The summed E-state index contributed by atoms with van der Waals surface area (Å²) in [5.41, 5.74) is 0.971. The summed E-state index contributed by atoms with van der Waals surface area (Å²) in [5.74, 6) is -0.772. The van der Waals surface area contributed by atoms with Crippen LogP contribution in [0.2, 0.25) is 0 Å². The molecule has 0 aliphatic rings. The van der Waals surface area contributed by atoms with E-state index >= 15 is 0 Å². The molecular formula is C22H26N2O5. The quantitative estimate of drug-likeness (QED) is 0.600. The number of benzene rings is 2. The molecule has 0 saturated heterocycles. The molecule has 0 aromatic heterocycles. The molecule has 0 saturated carbocycles. The topological polar surface area (TPSA) is 93.7 Å². The Labute approximate surface area is 170 Å². The molecule has 2 N–H and O–H groups in total. The Morgan fingerprint density at radius 2 is 1.69 bits per heavy atom. The second-order valence-electron chi connectivity index (χ2n) is 6.42. The summed E-state index contributed by atoms with van der Waals surface area (Å²) in [6.45, 7) is 3.76. The van der Waals surface area contributed by atoms with Crippen LogP contribution in [-0.4, -0.2) is 37.0 Å². The number of ether oxygens (including phenoxy) is 2. The number of amides is 2. The summed E-state index contributed by atoms with van der Waals surface area (Å²) in [6, 6.07) is 15.4. The molecule has 1 atom stereocenters. The Hall–Kier alpha value is -3.35. The van der Waals surface area contributed by atoms with Gasteiger partial charge in [0.15, 0.2) is 6.61 Å². The molecule has 29 heavy (non-hydrogen) atoms. The van der Waals surface area contributed by atoms with E-state index in [-0.39, 0.29) is 12.5 Å². The Kier molecular flexibility index (Phi) is 8.69. The fourth-order valence-corrected chi connectivity index (χ4v) is 2.48. The zero-order chi connectivity index (χ0) is 21.1. The van der Waals surface area contributed by atoms with E-state index in [4.69, 9.17) is 9.47 Å². The van der Waals surface area contributed by atoms with Gasteiger partial charge in [0.2, 0.25) is 5.91 Å². The molecule has 2 aromatic carbocycles. The third-order valence-electron chi connectivity index (χ3n) is 4.03. The van der Waals surface area contributed by atoms with Crippen molar-refractivity contribution in [1.29, 1.82) is 0 Å². The Morgan fingerprint density at radius 1 is 1.00 bits per heavy atom. The predicted octanol–water partition coefficient (Wildman–Crippen LogP) is 2.45. The molecule has 0 unspecified atom stereocenters. The summed E-state index contributed by atoms with van der Waals surface area (Å²) in [7, 11) is 0. The molecule has 0 bridgehead atoms. The van der Waals surface area contributed by atoms with E-state index in [2.05, 4.69) is 10.6 Å². The van der Waals surface area contributed by atoms with Crippen molar-refractivity contribution >= 4 is 17.8 Å². The van der Waals surface area contributed by atoms with Crippen LogP contribution < -0.4 is 15.4 Å². The Bertz CT molecular complexity index is 823. The molecule has 2 amide bonds. The van der Waals surface area contributed by atoms with Gasteiger partial charge >= 0.3 is 5.97 Å². The predicted molar refractivity (Wildman–Crippen MR) is 108 cm³/mol. The highest BCUT2D eigenvalue weighted by molar-refractivity contribution is 5.93. The minimum Gasteiger partial charge on any atom is -0.489 e. The highest BCUT2D eigenvalue weighted by Crippen LogP contribution is 2.15. The molecular weight excluding hydrogens is 372 g/mol. The van der Waals surface area contributed by atoms with Crippen LogP contribution in [0, 0.1) is 0 Å². The lowest BCUT2D eigenvalue weighted by atomic mass is 10.1. The van der Waals surface area contributed by atoms with Gasteiger partial charge < -0.3 is 20.1 Å². The number of nitrogens with one attached hydrogen (secondary N) is 2. The molecule has 2 rings (SSSR count). The summed E-state index contributed by atoms with van der Waals surface area (Å²) in [5, 5.41) is 5.19. The standard InChI is InChI=1S/C22H26N2O5/c1-3-13-23-21(26)16(2)24-20(25)15-29-22(27)19-12-8-7-9-17(19)14-28-18-10-5-4-6-11-18/h4-12,16H,3,13-15H2,1-2H3,(H,23,26)(H,24,25)/t16-/m1/s1. The van der Waals surface area contributed by atoms with E-state index < -0.39 is 24.5 Å². The van der Waals surface area contributed by atoms with Crippen LogP contribution in [0.3, 0.4) is 0 Å². The van der Waals surface area contributed by atoms with Crippen LogP contribution in [0.25, 0.3) is 0 Å². The number of carbonyl (C=O) groups is 3. The third-order valence-corrected chi connectivity index (χ3v) is 4.03. The monoisotopic (exact) mass is 398 g/mol. The molecule has 154 valence electrons. The Morgan fingerprint density at radius 3 is 2.41 bits per heavy atom. The number of para-hydroxylation sites is 1. The number of esters is 1. The van der Waals surface area contributed by atoms with Crippen LogP contribution in [0.15, 0.2) is 54.6 Å². The molecule has 7 heteroatoms. The third kappa shape index (κ3) is 7.29. The van der Waals surface area contributed by atoms with E-state index in [1.54, 1.807) is 31.2 Å². The van der Waals surface area contributed by atoms with Crippen LogP contribution in [0.5, 0.6) is 5.75 Å². The zero-order valence-electron chi connectivity index (χ0n) is 16.6. The minimum atomic E-state index is -0.709. The maximum absolute atomic E-state index is 12.4. The van der Waals surface area contributed by atoms with Crippen LogP contribution >= 0.6 is 0 Å². The average Bonchev–Trinajstić information content (AvgIpc) is 2.75. The van der Waals surface area contributed by atoms with Crippen molar-refractivity contribution in [3.63, 3.8) is 0 Å². The average molecular weight is 398 g/mol. The zero-order valence-corrected chi connectivity index (χ0v) is 16.6. The van der Waals surface area contributed by atoms with E-state index in [0.717, 1.165) is 6.42 Å². The molecule has 0 heterocycles. The van der Waals surface area contributed by atoms with Gasteiger partial charge in [-0.15, -0.1) is 0 Å². The van der Waals surface area contributed by atoms with Gasteiger partial charge in [-0.3, -0.25) is 9.59 Å². The fraction of sp³-hybridized carbons (Fsp3) is 0.318. The van der Waals surface area contributed by atoms with E-state index in [1.807, 2.05) is 37.3 Å². The highest BCUT2D eigenvalue weighted by atomic mass is 16.5. The first kappa shape index (κ1) is 21.9. The lowest BCUT2D eigenvalue weighted by Gasteiger charge is -2.14. The van der Waals surface area contributed by atoms with Crippen molar-refractivity contribution in [1.82, 2.24) is 10.6 Å². The first-order chi connectivity index (χ1) is 14.0. The lowest BCUT2D eigenvalue weighted by molar-refractivity contribution is -0.130. The molecule has 2 aromatic rings. The highest BCUT2D eigenvalue weighted by Gasteiger charge is 2.18. The maximum atomic E-state index is 12.4. The molecule has 7 nitrogen and oxygen atoms in total. The summed E-state index contributed by atoms with van der Waals surface area (Å²) >= 11 is 0. The first-order valence-electron chi connectivity index (χ1n) is 9.51. The van der Waals surface area contributed by atoms with Crippen molar-refractivity contribution in [2.75, 3.05) is 13.2 Å². The van der Waals surface area contributed by atoms with Crippen LogP contribution in [0.1, 0.15) is 36.2 Å². The maximum Gasteiger partial charge on any atom is 0.339 e. The largest absolute Gasteiger partial charge is 0.489 e. The van der Waals surface area contributed by atoms with Crippen molar-refractivity contribution < 1.29 is 23.9 Å². The van der Waals surface area contributed by atoms with Gasteiger partial charge in [0.1, 0.15) is 18.4 Å². The SMILES string of the molecule is CCCNC(=O)[C@@H](C)NC(=O)COC(=O)c1ccccc1COc1ccccc1. The van der Waals surface area contributed by atoms with Gasteiger partial charge in [-0.25, -0.2) is 4.79 Å². The fourth-order valence-electron chi connectivity index (χ4n) is 2.48. The summed E-state index contributed by atoms with van der Waals surface area (Å²) in [6.07, 6.45) is 0.803. The molecule has 0 radical (unpaired) electrons. The van der Waals surface area contributed by atoms with Crippen molar-refractivity contribution in [3.05, 3.63) is 65.7 Å². The van der Waals surface area contributed by atoms with Crippen molar-refractivity contribution in [3.8, 4) is 5.75 Å². The number of hydrogen-bond acceptors (Lipinski definition) is 5. The second-order valence-corrected chi connectivity index (χ2v) is 6.42. The van der Waals surface area contributed by atoms with Gasteiger partial charge in [-0.2, -0.15) is 0 Å². The van der Waals surface area contributed by atoms with Gasteiger partial charge in [0, 0.05) is 12.1 Å². The number of carbonyl (C=O) groups excluding carboxylic acids is 3. The van der Waals surface area contributed by atoms with Crippen molar-refractivity contribution in [2.24, 2.45) is 0 Å². The molecule has 0 aliphatic heterocycles. The normalized spacial score (nSPS) is 11.2. The molecule has 0 fully saturated rings. The van der Waals surface area contributed by atoms with Gasteiger partial charge in [0.05, 0.1) is 5.56 Å². The van der Waals surface area contributed by atoms with Crippen LogP contribution in [-0.2, 0) is 20.9 Å². The van der Waals surface area contributed by atoms with E-state index in [0.29, 0.717) is 23.4 Å². The second kappa shape index (κ2) is 11.5. The smallest absolute Gasteiger partial charge is 0.339 e.